The number of nitrogens with one attached hydrogen (secondary N) is 1. The Kier molecular flexibility index (Phi) is 7.79. The summed E-state index contributed by atoms with van der Waals surface area (Å²) in [5.74, 6) is -1.96. The first-order valence-corrected chi connectivity index (χ1v) is 14.2. The Morgan fingerprint density at radius 3 is 2.66 bits per heavy atom. The number of hydrogen-bond donors (Lipinski definition) is 2. The number of carbonyl (C=O) groups is 3. The molecule has 4 heterocycles. The molecular weight excluding hydrogens is 575 g/mol. The number of nitrogens with zero attached hydrogens (tertiary/aromatic N) is 5. The molecule has 2 N–H and O–H groups in total. The monoisotopic (exact) mass is 604 g/mol. The zero-order valence-electron chi connectivity index (χ0n) is 22.9. The number of esters is 1. The molecule has 2 amide bonds. The molecule has 2 aromatic rings. The topological polar surface area (TPSA) is 128 Å². The molecule has 3 aliphatic heterocycles. The fourth-order valence-electron chi connectivity index (χ4n) is 5.54. The first kappa shape index (κ1) is 29.0. The molecule has 2 saturated heterocycles. The number of amidine groups is 1. The highest BCUT2D eigenvalue weighted by molar-refractivity contribution is 7.11. The lowest BCUT2D eigenvalue weighted by Gasteiger charge is -2.42. The fourth-order valence-corrected chi connectivity index (χ4v) is 6.40. The van der Waals surface area contributed by atoms with Crippen LogP contribution in [-0.2, 0) is 14.3 Å². The lowest BCUT2D eigenvalue weighted by Crippen LogP contribution is -2.62. The summed E-state index contributed by atoms with van der Waals surface area (Å²) in [5, 5.41) is 15.9. The van der Waals surface area contributed by atoms with Crippen LogP contribution in [0.5, 0.6) is 0 Å². The highest BCUT2D eigenvalue weighted by Crippen LogP contribution is 2.38. The maximum absolute atomic E-state index is 13.9. The third kappa shape index (κ3) is 5.41. The molecule has 11 nitrogen and oxygen atoms in total. The summed E-state index contributed by atoms with van der Waals surface area (Å²) < 4.78 is 19.1. The van der Waals surface area contributed by atoms with Gasteiger partial charge < -0.3 is 25.0 Å². The number of urea groups is 1. The molecule has 218 valence electrons. The van der Waals surface area contributed by atoms with Crippen LogP contribution in [0.4, 0.5) is 9.18 Å². The Labute approximate surface area is 245 Å². The summed E-state index contributed by atoms with van der Waals surface area (Å²) in [6, 6.07) is 1.04. The molecule has 41 heavy (non-hydrogen) atoms. The number of carboxylic acid groups (broad SMARTS) is 1. The van der Waals surface area contributed by atoms with Crippen LogP contribution in [0.2, 0.25) is 5.02 Å². The lowest BCUT2D eigenvalue weighted by molar-refractivity contribution is -0.147. The number of benzene rings is 1. The number of halogens is 2. The predicted molar refractivity (Wildman–Crippen MR) is 150 cm³/mol. The zero-order valence-corrected chi connectivity index (χ0v) is 24.5. The Morgan fingerprint density at radius 2 is 2.05 bits per heavy atom. The van der Waals surface area contributed by atoms with Crippen LogP contribution in [0, 0.1) is 5.82 Å². The third-order valence-electron chi connectivity index (χ3n) is 7.48. The predicted octanol–water partition coefficient (Wildman–Crippen LogP) is 3.13. The van der Waals surface area contributed by atoms with E-state index < -0.39 is 41.4 Å². The maximum atomic E-state index is 13.9. The third-order valence-corrected chi connectivity index (χ3v) is 8.59. The number of amides is 2. The minimum absolute atomic E-state index is 0.00908. The van der Waals surface area contributed by atoms with Crippen LogP contribution in [0.15, 0.2) is 46.0 Å². The van der Waals surface area contributed by atoms with Gasteiger partial charge in [0.25, 0.3) is 0 Å². The van der Waals surface area contributed by atoms with Crippen molar-refractivity contribution in [3.63, 3.8) is 0 Å². The molecule has 1 aromatic carbocycles. The van der Waals surface area contributed by atoms with Crippen molar-refractivity contribution in [1.29, 1.82) is 0 Å². The quantitative estimate of drug-likeness (QED) is 0.482. The van der Waals surface area contributed by atoms with Gasteiger partial charge in [-0.1, -0.05) is 17.7 Å². The molecule has 1 aromatic heterocycles. The van der Waals surface area contributed by atoms with Gasteiger partial charge in [0.1, 0.15) is 17.9 Å². The standard InChI is InChI=1S/C27H30ClFN6O5S/c1-27(2,3)35-13-18-21(24(36)37)33(8-9-34(18)26(35)39)12-17-19(25(38)40-4)20(15-6-5-14(29)11-16(15)28)32-22(31-17)23-30-7-10-41-23/h5-7,10-11,18,20-21H,8-9,12-13H2,1-4H3,(H,31,32)(H,36,37)/t18-,20+,21?/m1/s1. The molecule has 0 radical (unpaired) electrons. The molecular formula is C27H30ClFN6O5S. The highest BCUT2D eigenvalue weighted by atomic mass is 35.5. The highest BCUT2D eigenvalue weighted by Gasteiger charge is 2.52. The van der Waals surface area contributed by atoms with Gasteiger partial charge in [0.2, 0.25) is 0 Å². The first-order chi connectivity index (χ1) is 19.4. The minimum Gasteiger partial charge on any atom is -0.480 e. The number of carbonyl (C=O) groups excluding carboxylic acids is 2. The molecule has 0 saturated carbocycles. The van der Waals surface area contributed by atoms with Gasteiger partial charge in [-0.05, 0) is 32.9 Å². The molecule has 3 aliphatic rings. The number of carboxylic acids is 1. The molecule has 0 bridgehead atoms. The number of methoxy groups -OCH3 is 1. The Balaban J connectivity index is 1.57. The number of thiazole rings is 1. The van der Waals surface area contributed by atoms with E-state index in [0.29, 0.717) is 28.6 Å². The van der Waals surface area contributed by atoms with E-state index in [1.165, 1.54) is 30.6 Å². The summed E-state index contributed by atoms with van der Waals surface area (Å²) in [6.45, 7) is 6.58. The van der Waals surface area contributed by atoms with E-state index >= 15 is 0 Å². The number of fused-ring (bicyclic) bond motifs is 1. The van der Waals surface area contributed by atoms with E-state index in [-0.39, 0.29) is 36.3 Å². The van der Waals surface area contributed by atoms with Crippen molar-refractivity contribution in [2.45, 2.75) is 44.4 Å². The normalized spacial score (nSPS) is 23.3. The summed E-state index contributed by atoms with van der Waals surface area (Å²) in [5.41, 5.74) is 0.378. The van der Waals surface area contributed by atoms with E-state index in [4.69, 9.17) is 21.3 Å². The second-order valence-electron chi connectivity index (χ2n) is 11.0. The Hall–Kier alpha value is -3.55. The average Bonchev–Trinajstić information content (AvgIpc) is 3.56. The summed E-state index contributed by atoms with van der Waals surface area (Å²) in [6.07, 6.45) is 1.61. The second-order valence-corrected chi connectivity index (χ2v) is 12.3. The number of piperazine rings is 1. The average molecular weight is 605 g/mol. The van der Waals surface area contributed by atoms with Gasteiger partial charge in [-0.2, -0.15) is 0 Å². The van der Waals surface area contributed by atoms with E-state index in [9.17, 15) is 23.9 Å². The van der Waals surface area contributed by atoms with Gasteiger partial charge in [0, 0.05) is 59.6 Å². The van der Waals surface area contributed by atoms with Crippen molar-refractivity contribution < 1.29 is 28.6 Å². The Bertz CT molecular complexity index is 1440. The van der Waals surface area contributed by atoms with Crippen LogP contribution in [0.1, 0.15) is 37.4 Å². The van der Waals surface area contributed by atoms with Gasteiger partial charge in [0.05, 0.1) is 18.7 Å². The van der Waals surface area contributed by atoms with E-state index in [1.54, 1.807) is 26.3 Å². The molecule has 1 unspecified atom stereocenters. The molecule has 5 rings (SSSR count). The van der Waals surface area contributed by atoms with Crippen LogP contribution in [0.3, 0.4) is 0 Å². The van der Waals surface area contributed by atoms with Crippen molar-refractivity contribution in [3.05, 3.63) is 62.5 Å². The van der Waals surface area contributed by atoms with E-state index in [1.807, 2.05) is 20.8 Å². The summed E-state index contributed by atoms with van der Waals surface area (Å²) in [7, 11) is 1.24. The second kappa shape index (κ2) is 11.0. The van der Waals surface area contributed by atoms with Gasteiger partial charge >= 0.3 is 18.0 Å². The number of aliphatic imine (C=N–C) groups is 1. The molecule has 0 aliphatic carbocycles. The van der Waals surface area contributed by atoms with Crippen molar-refractivity contribution in [3.8, 4) is 0 Å². The molecule has 3 atom stereocenters. The number of aromatic nitrogens is 1. The van der Waals surface area contributed by atoms with Gasteiger partial charge in [0.15, 0.2) is 10.8 Å². The smallest absolute Gasteiger partial charge is 0.338 e. The van der Waals surface area contributed by atoms with Crippen LogP contribution in [0.25, 0.3) is 0 Å². The molecule has 14 heteroatoms. The Morgan fingerprint density at radius 1 is 1.29 bits per heavy atom. The van der Waals surface area contributed by atoms with Crippen LogP contribution in [-0.4, -0.2) is 99.5 Å². The number of aliphatic carboxylic acids is 1. The van der Waals surface area contributed by atoms with Crippen molar-refractivity contribution in [1.82, 2.24) is 25.0 Å². The van der Waals surface area contributed by atoms with Crippen molar-refractivity contribution in [2.75, 3.05) is 33.3 Å². The molecule has 0 spiro atoms. The summed E-state index contributed by atoms with van der Waals surface area (Å²) in [4.78, 5) is 53.2. The SMILES string of the molecule is COC(=O)C1=C(CN2CCN3C(=O)N(C(C)(C)C)C[C@@H]3C2C(=O)O)NC(c2nccs2)=N[C@H]1c1ccc(F)cc1Cl. The van der Waals surface area contributed by atoms with Gasteiger partial charge in [-0.3, -0.25) is 14.7 Å². The lowest BCUT2D eigenvalue weighted by atomic mass is 9.94. The fraction of sp³-hybridized carbons (Fsp3) is 0.444. The van der Waals surface area contributed by atoms with E-state index in [0.717, 1.165) is 6.07 Å². The minimum atomic E-state index is -1.08. The summed E-state index contributed by atoms with van der Waals surface area (Å²) >= 11 is 7.75. The molecule has 2 fully saturated rings. The first-order valence-electron chi connectivity index (χ1n) is 13.0. The zero-order chi connectivity index (χ0) is 29.6. The van der Waals surface area contributed by atoms with Crippen LogP contribution < -0.4 is 5.32 Å². The van der Waals surface area contributed by atoms with Crippen molar-refractivity contribution >= 4 is 46.7 Å². The van der Waals surface area contributed by atoms with Crippen molar-refractivity contribution in [2.24, 2.45) is 4.99 Å². The van der Waals surface area contributed by atoms with Gasteiger partial charge in [-0.15, -0.1) is 11.3 Å². The number of ether oxygens (including phenoxy) is 1. The van der Waals surface area contributed by atoms with Crippen LogP contribution >= 0.6 is 22.9 Å². The van der Waals surface area contributed by atoms with E-state index in [2.05, 4.69) is 10.3 Å². The number of hydrogen-bond acceptors (Lipinski definition) is 9. The maximum Gasteiger partial charge on any atom is 0.338 e. The number of rotatable bonds is 6. The largest absolute Gasteiger partial charge is 0.480 e. The van der Waals surface area contributed by atoms with Gasteiger partial charge in [-0.25, -0.2) is 19.0 Å².